The van der Waals surface area contributed by atoms with Crippen LogP contribution < -0.4 is 5.56 Å². The summed E-state index contributed by atoms with van der Waals surface area (Å²) in [6, 6.07) is 9.17. The summed E-state index contributed by atoms with van der Waals surface area (Å²) in [5, 5.41) is 11.1. The van der Waals surface area contributed by atoms with Gasteiger partial charge in [-0.2, -0.15) is 0 Å². The first-order valence-corrected chi connectivity index (χ1v) is 6.14. The lowest BCUT2D eigenvalue weighted by molar-refractivity contribution is 0.101. The second kappa shape index (κ2) is 4.41. The summed E-state index contributed by atoms with van der Waals surface area (Å²) in [6.07, 6.45) is 0. The molecule has 0 bridgehead atoms. The molecule has 2 aromatic heterocycles. The molecule has 0 aliphatic rings. The minimum atomic E-state index is -0.235. The summed E-state index contributed by atoms with van der Waals surface area (Å²) >= 11 is 0. The van der Waals surface area contributed by atoms with Gasteiger partial charge in [0.25, 0.3) is 5.56 Å². The molecular formula is C14H12N4O2. The number of hydrogen-bond donors (Lipinski definition) is 1. The average molecular weight is 268 g/mol. The molecular weight excluding hydrogens is 256 g/mol. The number of nitrogens with one attached hydrogen (secondary N) is 1. The number of Topliss-reactive ketones (excluding diaryl/α,β-unsaturated/α-hetero) is 1. The molecule has 0 radical (unpaired) electrons. The van der Waals surface area contributed by atoms with Gasteiger partial charge >= 0.3 is 0 Å². The topological polar surface area (TPSA) is 80.6 Å². The van der Waals surface area contributed by atoms with Crippen molar-refractivity contribution in [2.75, 3.05) is 0 Å². The van der Waals surface area contributed by atoms with Gasteiger partial charge in [-0.25, -0.2) is 4.68 Å². The summed E-state index contributed by atoms with van der Waals surface area (Å²) in [4.78, 5) is 24.0. The van der Waals surface area contributed by atoms with Crippen molar-refractivity contribution >= 4 is 16.8 Å². The van der Waals surface area contributed by atoms with Crippen LogP contribution in [0.2, 0.25) is 0 Å². The van der Waals surface area contributed by atoms with Gasteiger partial charge in [0.15, 0.2) is 11.4 Å². The zero-order chi connectivity index (χ0) is 14.3. The van der Waals surface area contributed by atoms with E-state index in [1.807, 2.05) is 30.3 Å². The van der Waals surface area contributed by atoms with Crippen molar-refractivity contribution in [3.05, 3.63) is 51.9 Å². The monoisotopic (exact) mass is 268 g/mol. The third-order valence-electron chi connectivity index (χ3n) is 3.20. The molecule has 0 atom stereocenters. The third-order valence-corrected chi connectivity index (χ3v) is 3.20. The number of ketones is 1. The van der Waals surface area contributed by atoms with E-state index >= 15 is 0 Å². The maximum absolute atomic E-state index is 12.5. The van der Waals surface area contributed by atoms with Gasteiger partial charge in [0, 0.05) is 6.92 Å². The number of para-hydroxylation sites is 1. The maximum Gasteiger partial charge on any atom is 0.281 e. The Kier molecular flexibility index (Phi) is 2.71. The van der Waals surface area contributed by atoms with Crippen LogP contribution in [0.15, 0.2) is 35.1 Å². The number of aromatic nitrogens is 4. The zero-order valence-electron chi connectivity index (χ0n) is 11.0. The Balaban J connectivity index is 2.35. The Morgan fingerprint density at radius 3 is 2.55 bits per heavy atom. The second-order valence-electron chi connectivity index (χ2n) is 4.54. The molecule has 1 N–H and O–H groups in total. The Morgan fingerprint density at radius 2 is 1.90 bits per heavy atom. The molecule has 0 amide bonds. The molecule has 0 unspecified atom stereocenters. The number of H-pyrrole nitrogens is 1. The SMILES string of the molecule is CC(=O)c1nnc2[nH]n(-c3ccccc3)c(=O)c2c1C. The molecule has 6 heteroatoms. The number of rotatable bonds is 2. The summed E-state index contributed by atoms with van der Waals surface area (Å²) in [7, 11) is 0. The summed E-state index contributed by atoms with van der Waals surface area (Å²) in [6.45, 7) is 3.11. The highest BCUT2D eigenvalue weighted by Gasteiger charge is 2.17. The fraction of sp³-hybridized carbons (Fsp3) is 0.143. The standard InChI is InChI=1S/C14H12N4O2/c1-8-11-13(16-15-12(8)9(2)19)17-18(14(11)20)10-6-4-3-5-7-10/h3-7H,1-2H3,(H,16,17). The Morgan fingerprint density at radius 1 is 1.20 bits per heavy atom. The van der Waals surface area contributed by atoms with Crippen molar-refractivity contribution in [3.8, 4) is 5.69 Å². The largest absolute Gasteiger partial charge is 0.293 e. The van der Waals surface area contributed by atoms with Crippen LogP contribution in [0, 0.1) is 6.92 Å². The highest BCUT2D eigenvalue weighted by Crippen LogP contribution is 2.15. The van der Waals surface area contributed by atoms with E-state index in [0.717, 1.165) is 0 Å². The fourth-order valence-corrected chi connectivity index (χ4v) is 2.22. The van der Waals surface area contributed by atoms with E-state index in [9.17, 15) is 9.59 Å². The summed E-state index contributed by atoms with van der Waals surface area (Å²) in [5.74, 6) is -0.205. The number of nitrogens with zero attached hydrogens (tertiary/aromatic N) is 3. The van der Waals surface area contributed by atoms with Crippen LogP contribution >= 0.6 is 0 Å². The van der Waals surface area contributed by atoms with Crippen LogP contribution in [0.4, 0.5) is 0 Å². The van der Waals surface area contributed by atoms with E-state index in [0.29, 0.717) is 22.3 Å². The van der Waals surface area contributed by atoms with Crippen LogP contribution in [0.5, 0.6) is 0 Å². The van der Waals surface area contributed by atoms with Crippen LogP contribution in [-0.2, 0) is 0 Å². The number of carbonyl (C=O) groups is 1. The van der Waals surface area contributed by atoms with E-state index in [4.69, 9.17) is 0 Å². The predicted molar refractivity (Wildman–Crippen MR) is 74.2 cm³/mol. The predicted octanol–water partition coefficient (Wildman–Crippen LogP) is 1.62. The summed E-state index contributed by atoms with van der Waals surface area (Å²) in [5.41, 5.74) is 1.63. The molecule has 2 heterocycles. The van der Waals surface area contributed by atoms with E-state index in [-0.39, 0.29) is 17.0 Å². The zero-order valence-corrected chi connectivity index (χ0v) is 11.0. The molecule has 100 valence electrons. The molecule has 20 heavy (non-hydrogen) atoms. The van der Waals surface area contributed by atoms with Gasteiger partial charge in [0.2, 0.25) is 0 Å². The van der Waals surface area contributed by atoms with Crippen molar-refractivity contribution in [2.45, 2.75) is 13.8 Å². The fourth-order valence-electron chi connectivity index (χ4n) is 2.22. The molecule has 0 saturated heterocycles. The van der Waals surface area contributed by atoms with Gasteiger partial charge in [-0.3, -0.25) is 14.7 Å². The lowest BCUT2D eigenvalue weighted by Crippen LogP contribution is -2.15. The van der Waals surface area contributed by atoms with Crippen LogP contribution in [0.25, 0.3) is 16.7 Å². The second-order valence-corrected chi connectivity index (χ2v) is 4.54. The van der Waals surface area contributed by atoms with E-state index in [1.54, 1.807) is 6.92 Å². The van der Waals surface area contributed by atoms with Gasteiger partial charge < -0.3 is 0 Å². The first-order valence-electron chi connectivity index (χ1n) is 6.14. The van der Waals surface area contributed by atoms with Gasteiger partial charge in [0.1, 0.15) is 5.69 Å². The maximum atomic E-state index is 12.5. The molecule has 6 nitrogen and oxygen atoms in total. The normalized spacial score (nSPS) is 10.9. The number of hydrogen-bond acceptors (Lipinski definition) is 4. The number of benzene rings is 1. The van der Waals surface area contributed by atoms with Gasteiger partial charge in [0.05, 0.1) is 11.1 Å². The Bertz CT molecular complexity index is 862. The molecule has 1 aromatic carbocycles. The molecule has 3 rings (SSSR count). The minimum absolute atomic E-state index is 0.205. The van der Waals surface area contributed by atoms with Crippen molar-refractivity contribution in [1.29, 1.82) is 0 Å². The molecule has 0 aliphatic carbocycles. The smallest absolute Gasteiger partial charge is 0.281 e. The van der Waals surface area contributed by atoms with Crippen LogP contribution in [0.3, 0.4) is 0 Å². The number of carbonyl (C=O) groups excluding carboxylic acids is 1. The molecule has 0 fully saturated rings. The quantitative estimate of drug-likeness (QED) is 0.716. The van der Waals surface area contributed by atoms with Gasteiger partial charge in [-0.05, 0) is 24.6 Å². The molecule has 0 aliphatic heterocycles. The minimum Gasteiger partial charge on any atom is -0.293 e. The van der Waals surface area contributed by atoms with E-state index < -0.39 is 0 Å². The van der Waals surface area contributed by atoms with Gasteiger partial charge in [-0.1, -0.05) is 18.2 Å². The lowest BCUT2D eigenvalue weighted by atomic mass is 10.1. The first-order chi connectivity index (χ1) is 9.59. The van der Waals surface area contributed by atoms with E-state index in [2.05, 4.69) is 15.3 Å². The summed E-state index contributed by atoms with van der Waals surface area (Å²) < 4.78 is 1.40. The first kappa shape index (κ1) is 12.3. The van der Waals surface area contributed by atoms with Crippen molar-refractivity contribution in [3.63, 3.8) is 0 Å². The number of fused-ring (bicyclic) bond motifs is 1. The van der Waals surface area contributed by atoms with Gasteiger partial charge in [-0.15, -0.1) is 10.2 Å². The number of aromatic amines is 1. The lowest BCUT2D eigenvalue weighted by Gasteiger charge is -1.98. The van der Waals surface area contributed by atoms with Crippen molar-refractivity contribution in [2.24, 2.45) is 0 Å². The highest BCUT2D eigenvalue weighted by atomic mass is 16.1. The average Bonchev–Trinajstić information content (AvgIpc) is 2.78. The third kappa shape index (κ3) is 1.73. The van der Waals surface area contributed by atoms with Crippen molar-refractivity contribution < 1.29 is 4.79 Å². The number of aryl methyl sites for hydroxylation is 1. The van der Waals surface area contributed by atoms with Crippen molar-refractivity contribution in [1.82, 2.24) is 20.0 Å². The molecule has 0 saturated carbocycles. The Labute approximate surface area is 114 Å². The molecule has 3 aromatic rings. The van der Waals surface area contributed by atoms with E-state index in [1.165, 1.54) is 11.6 Å². The van der Waals surface area contributed by atoms with Crippen LogP contribution in [0.1, 0.15) is 23.0 Å². The van der Waals surface area contributed by atoms with Crippen LogP contribution in [-0.4, -0.2) is 25.8 Å². The highest BCUT2D eigenvalue weighted by molar-refractivity contribution is 5.97. The Hall–Kier alpha value is -2.76. The molecule has 0 spiro atoms.